The fourth-order valence-corrected chi connectivity index (χ4v) is 3.88. The molecule has 27 heavy (non-hydrogen) atoms. The van der Waals surface area contributed by atoms with E-state index in [1.165, 1.54) is 5.56 Å². The number of carbonyl (C=O) groups excluding carboxylic acids is 1. The maximum Gasteiger partial charge on any atom is 0.227 e. The number of halogens is 1. The van der Waals surface area contributed by atoms with Gasteiger partial charge in [-0.1, -0.05) is 36.4 Å². The number of rotatable bonds is 4. The molecule has 6 heteroatoms. The van der Waals surface area contributed by atoms with Crippen LogP contribution in [0.3, 0.4) is 0 Å². The van der Waals surface area contributed by atoms with Gasteiger partial charge in [-0.25, -0.2) is 0 Å². The monoisotopic (exact) mass is 388 g/mol. The summed E-state index contributed by atoms with van der Waals surface area (Å²) in [4.78, 5) is 14.8. The maximum atomic E-state index is 12.8. The van der Waals surface area contributed by atoms with Crippen molar-refractivity contribution < 1.29 is 14.3 Å². The highest BCUT2D eigenvalue weighted by atomic mass is 35.5. The van der Waals surface area contributed by atoms with Gasteiger partial charge in [0, 0.05) is 19.0 Å². The van der Waals surface area contributed by atoms with Crippen LogP contribution in [0.5, 0.6) is 11.5 Å². The number of hydrogen-bond donors (Lipinski definition) is 1. The van der Waals surface area contributed by atoms with Crippen LogP contribution in [0.1, 0.15) is 17.0 Å². The molecule has 0 saturated carbocycles. The molecule has 2 heterocycles. The van der Waals surface area contributed by atoms with Crippen LogP contribution in [-0.2, 0) is 11.2 Å². The molecule has 2 aliphatic rings. The molecule has 0 unspecified atom stereocenters. The average molecular weight is 389 g/mol. The Labute approximate surface area is 165 Å². The number of ether oxygens (including phenoxy) is 2. The third-order valence-electron chi connectivity index (χ3n) is 5.29. The second kappa shape index (κ2) is 8.63. The minimum absolute atomic E-state index is 0. The third kappa shape index (κ3) is 4.20. The largest absolute Gasteiger partial charge is 0.486 e. The van der Waals surface area contributed by atoms with Crippen LogP contribution in [0.15, 0.2) is 48.5 Å². The molecule has 2 atom stereocenters. The van der Waals surface area contributed by atoms with Crippen LogP contribution in [0, 0.1) is 5.92 Å². The fourth-order valence-electron chi connectivity index (χ4n) is 3.88. The van der Waals surface area contributed by atoms with E-state index >= 15 is 0 Å². The zero-order chi connectivity index (χ0) is 17.9. The fraction of sp³-hybridized carbons (Fsp3) is 0.381. The molecule has 1 fully saturated rings. The van der Waals surface area contributed by atoms with Crippen molar-refractivity contribution in [2.45, 2.75) is 12.3 Å². The Bertz CT molecular complexity index is 784. The average Bonchev–Trinajstić information content (AvgIpc) is 3.13. The van der Waals surface area contributed by atoms with Crippen LogP contribution < -0.4 is 15.2 Å². The summed E-state index contributed by atoms with van der Waals surface area (Å²) in [6.45, 7) is 3.16. The summed E-state index contributed by atoms with van der Waals surface area (Å²) in [5.74, 6) is 2.23. The van der Waals surface area contributed by atoms with E-state index in [1.807, 2.05) is 41.3 Å². The van der Waals surface area contributed by atoms with Gasteiger partial charge in [0.1, 0.15) is 13.2 Å². The molecular formula is C21H25ClN2O3. The molecule has 1 amide bonds. The number of nitrogens with two attached hydrogens (primary N) is 1. The van der Waals surface area contributed by atoms with E-state index in [0.29, 0.717) is 38.0 Å². The van der Waals surface area contributed by atoms with Crippen molar-refractivity contribution in [3.63, 3.8) is 0 Å². The molecule has 2 aliphatic heterocycles. The minimum atomic E-state index is 0. The first-order chi connectivity index (χ1) is 12.7. The molecule has 0 aromatic heterocycles. The quantitative estimate of drug-likeness (QED) is 0.874. The number of fused-ring (bicyclic) bond motifs is 1. The molecule has 144 valence electrons. The lowest BCUT2D eigenvalue weighted by atomic mass is 9.89. The van der Waals surface area contributed by atoms with E-state index in [9.17, 15) is 4.79 Å². The molecule has 4 rings (SSSR count). The van der Waals surface area contributed by atoms with Crippen LogP contribution in [0.25, 0.3) is 0 Å². The van der Waals surface area contributed by atoms with Gasteiger partial charge >= 0.3 is 0 Å². The van der Waals surface area contributed by atoms with E-state index < -0.39 is 0 Å². The molecule has 0 bridgehead atoms. The summed E-state index contributed by atoms with van der Waals surface area (Å²) in [5, 5.41) is 0. The van der Waals surface area contributed by atoms with Gasteiger partial charge in [-0.2, -0.15) is 0 Å². The predicted octanol–water partition coefficient (Wildman–Crippen LogP) is 2.62. The van der Waals surface area contributed by atoms with Crippen molar-refractivity contribution in [3.8, 4) is 11.5 Å². The Hall–Kier alpha value is -2.24. The highest BCUT2D eigenvalue weighted by Crippen LogP contribution is 2.33. The summed E-state index contributed by atoms with van der Waals surface area (Å²) in [5.41, 5.74) is 8.20. The zero-order valence-electron chi connectivity index (χ0n) is 15.2. The lowest BCUT2D eigenvalue weighted by Gasteiger charge is -2.20. The number of amides is 1. The number of likely N-dealkylation sites (tertiary alicyclic amines) is 1. The van der Waals surface area contributed by atoms with Gasteiger partial charge in [-0.3, -0.25) is 4.79 Å². The van der Waals surface area contributed by atoms with Crippen LogP contribution in [-0.4, -0.2) is 43.7 Å². The molecular weight excluding hydrogens is 364 g/mol. The Balaban J connectivity index is 0.00000210. The molecule has 0 radical (unpaired) electrons. The second-order valence-corrected chi connectivity index (χ2v) is 6.97. The van der Waals surface area contributed by atoms with Gasteiger partial charge in [-0.15, -0.1) is 12.4 Å². The van der Waals surface area contributed by atoms with Gasteiger partial charge < -0.3 is 20.1 Å². The normalized spacial score (nSPS) is 20.9. The lowest BCUT2D eigenvalue weighted by molar-refractivity contribution is -0.129. The summed E-state index contributed by atoms with van der Waals surface area (Å²) >= 11 is 0. The first kappa shape index (κ1) is 19.5. The van der Waals surface area contributed by atoms with E-state index in [-0.39, 0.29) is 18.3 Å². The van der Waals surface area contributed by atoms with Crippen molar-refractivity contribution in [2.24, 2.45) is 11.7 Å². The summed E-state index contributed by atoms with van der Waals surface area (Å²) in [7, 11) is 0. The number of hydrogen-bond acceptors (Lipinski definition) is 4. The summed E-state index contributed by atoms with van der Waals surface area (Å²) in [6, 6.07) is 16.1. The number of carbonyl (C=O) groups is 1. The van der Waals surface area contributed by atoms with Gasteiger partial charge in [0.15, 0.2) is 11.5 Å². The van der Waals surface area contributed by atoms with Gasteiger partial charge in [0.2, 0.25) is 5.91 Å². The highest BCUT2D eigenvalue weighted by molar-refractivity contribution is 5.85. The Morgan fingerprint density at radius 1 is 1.04 bits per heavy atom. The Kier molecular flexibility index (Phi) is 6.24. The van der Waals surface area contributed by atoms with Crippen molar-refractivity contribution >= 4 is 18.3 Å². The molecule has 0 spiro atoms. The second-order valence-electron chi connectivity index (χ2n) is 6.97. The van der Waals surface area contributed by atoms with Crippen LogP contribution in [0.4, 0.5) is 0 Å². The minimum Gasteiger partial charge on any atom is -0.486 e. The topological polar surface area (TPSA) is 64.8 Å². The molecule has 2 aromatic carbocycles. The first-order valence-electron chi connectivity index (χ1n) is 9.16. The van der Waals surface area contributed by atoms with Crippen molar-refractivity contribution in [3.05, 3.63) is 59.7 Å². The molecule has 5 nitrogen and oxygen atoms in total. The third-order valence-corrected chi connectivity index (χ3v) is 5.29. The molecule has 1 saturated heterocycles. The van der Waals surface area contributed by atoms with Crippen LogP contribution in [0.2, 0.25) is 0 Å². The van der Waals surface area contributed by atoms with Gasteiger partial charge in [0.05, 0.1) is 6.42 Å². The van der Waals surface area contributed by atoms with E-state index in [4.69, 9.17) is 15.2 Å². The molecule has 2 N–H and O–H groups in total. The van der Waals surface area contributed by atoms with E-state index in [0.717, 1.165) is 30.2 Å². The number of nitrogens with zero attached hydrogens (tertiary/aromatic N) is 1. The Morgan fingerprint density at radius 3 is 2.52 bits per heavy atom. The number of benzene rings is 2. The van der Waals surface area contributed by atoms with Crippen molar-refractivity contribution in [1.29, 1.82) is 0 Å². The van der Waals surface area contributed by atoms with Crippen molar-refractivity contribution in [1.82, 2.24) is 4.90 Å². The Morgan fingerprint density at radius 2 is 1.78 bits per heavy atom. The van der Waals surface area contributed by atoms with E-state index in [1.54, 1.807) is 0 Å². The zero-order valence-corrected chi connectivity index (χ0v) is 16.0. The first-order valence-corrected chi connectivity index (χ1v) is 9.16. The molecule has 2 aromatic rings. The maximum absolute atomic E-state index is 12.8. The molecule has 0 aliphatic carbocycles. The standard InChI is InChI=1S/C21H24N2O3.ClH/c22-12-17-13-23(14-18(17)16-4-2-1-3-5-16)21(24)11-15-6-7-19-20(10-15)26-9-8-25-19;/h1-7,10,17-18H,8-9,11-14,22H2;1H/t17-,18+;/m1./s1. The van der Waals surface area contributed by atoms with Crippen molar-refractivity contribution in [2.75, 3.05) is 32.8 Å². The van der Waals surface area contributed by atoms with Crippen LogP contribution >= 0.6 is 12.4 Å². The lowest BCUT2D eigenvalue weighted by Crippen LogP contribution is -2.31. The highest BCUT2D eigenvalue weighted by Gasteiger charge is 2.35. The predicted molar refractivity (Wildman–Crippen MR) is 107 cm³/mol. The van der Waals surface area contributed by atoms with Gasteiger partial charge in [-0.05, 0) is 35.7 Å². The summed E-state index contributed by atoms with van der Waals surface area (Å²) in [6.07, 6.45) is 0.370. The SMILES string of the molecule is Cl.NC[C@@H]1CN(C(=O)Cc2ccc3c(c2)OCCO3)C[C@H]1c1ccccc1. The smallest absolute Gasteiger partial charge is 0.227 e. The van der Waals surface area contributed by atoms with E-state index in [2.05, 4.69) is 12.1 Å². The van der Waals surface area contributed by atoms with Gasteiger partial charge in [0.25, 0.3) is 0 Å². The summed E-state index contributed by atoms with van der Waals surface area (Å²) < 4.78 is 11.2.